The van der Waals surface area contributed by atoms with E-state index in [2.05, 4.69) is 0 Å². The van der Waals surface area contributed by atoms with Gasteiger partial charge in [0.05, 0.1) is 4.92 Å². The van der Waals surface area contributed by atoms with Crippen LogP contribution in [0.3, 0.4) is 0 Å². The number of hydrogen-bond acceptors (Lipinski definition) is 4. The Hall–Kier alpha value is -1.62. The third-order valence-corrected chi connectivity index (χ3v) is 3.24. The van der Waals surface area contributed by atoms with Crippen LogP contribution in [-0.2, 0) is 0 Å². The second-order valence-electron chi connectivity index (χ2n) is 4.22. The predicted molar refractivity (Wildman–Crippen MR) is 59.0 cm³/mol. The summed E-state index contributed by atoms with van der Waals surface area (Å²) in [6.07, 6.45) is 3.34. The topological polar surface area (TPSA) is 89.4 Å². The maximum atomic E-state index is 10.7. The van der Waals surface area contributed by atoms with Gasteiger partial charge >= 0.3 is 5.69 Å². The summed E-state index contributed by atoms with van der Waals surface area (Å²) < 4.78 is 0. The molecule has 0 unspecified atom stereocenters. The summed E-state index contributed by atoms with van der Waals surface area (Å²) in [5.41, 5.74) is 6.47. The van der Waals surface area contributed by atoms with Crippen molar-refractivity contribution >= 4 is 5.69 Å². The third kappa shape index (κ3) is 1.86. The van der Waals surface area contributed by atoms with E-state index in [4.69, 9.17) is 5.73 Å². The molecule has 1 aromatic carbocycles. The van der Waals surface area contributed by atoms with Crippen molar-refractivity contribution in [3.8, 4) is 5.75 Å². The molecule has 1 fully saturated rings. The minimum atomic E-state index is -0.591. The van der Waals surface area contributed by atoms with Gasteiger partial charge in [-0.05, 0) is 30.4 Å². The molecule has 1 saturated carbocycles. The van der Waals surface area contributed by atoms with E-state index in [1.54, 1.807) is 6.07 Å². The zero-order valence-electron chi connectivity index (χ0n) is 8.80. The maximum Gasteiger partial charge on any atom is 0.311 e. The average Bonchev–Trinajstić information content (AvgIpc) is 2.15. The lowest BCUT2D eigenvalue weighted by Crippen LogP contribution is -2.26. The SMILES string of the molecule is N[C@@H](c1ccc(O)c([N+](=O)[O-])c1)C1CCC1. The van der Waals surface area contributed by atoms with Crippen LogP contribution < -0.4 is 5.73 Å². The summed E-state index contributed by atoms with van der Waals surface area (Å²) >= 11 is 0. The third-order valence-electron chi connectivity index (χ3n) is 3.24. The van der Waals surface area contributed by atoms with Crippen LogP contribution in [0.2, 0.25) is 0 Å². The summed E-state index contributed by atoms with van der Waals surface area (Å²) in [5.74, 6) is 0.110. The van der Waals surface area contributed by atoms with Gasteiger partial charge in [-0.3, -0.25) is 10.1 Å². The van der Waals surface area contributed by atoms with Crippen molar-refractivity contribution in [2.45, 2.75) is 25.3 Å². The number of phenols is 1. The Kier molecular flexibility index (Phi) is 2.78. The fourth-order valence-corrected chi connectivity index (χ4v) is 1.97. The summed E-state index contributed by atoms with van der Waals surface area (Å²) in [6, 6.07) is 4.21. The number of phenolic OH excluding ortho intramolecular Hbond substituents is 1. The Morgan fingerprint density at radius 2 is 2.19 bits per heavy atom. The van der Waals surface area contributed by atoms with E-state index in [0.29, 0.717) is 5.92 Å². The molecule has 86 valence electrons. The zero-order chi connectivity index (χ0) is 11.7. The zero-order valence-corrected chi connectivity index (χ0v) is 8.80. The van der Waals surface area contributed by atoms with Crippen LogP contribution in [-0.4, -0.2) is 10.0 Å². The summed E-state index contributed by atoms with van der Waals surface area (Å²) in [6.45, 7) is 0. The Labute approximate surface area is 93.0 Å². The Morgan fingerprint density at radius 1 is 1.50 bits per heavy atom. The van der Waals surface area contributed by atoms with E-state index in [9.17, 15) is 15.2 Å². The molecular weight excluding hydrogens is 208 g/mol. The molecule has 0 aliphatic heterocycles. The molecule has 1 aliphatic rings. The minimum absolute atomic E-state index is 0.159. The van der Waals surface area contributed by atoms with Crippen LogP contribution in [0.1, 0.15) is 30.9 Å². The minimum Gasteiger partial charge on any atom is -0.502 e. The first-order chi connectivity index (χ1) is 7.59. The second kappa shape index (κ2) is 4.09. The lowest BCUT2D eigenvalue weighted by molar-refractivity contribution is -0.385. The molecule has 5 nitrogen and oxygen atoms in total. The van der Waals surface area contributed by atoms with E-state index >= 15 is 0 Å². The van der Waals surface area contributed by atoms with Gasteiger partial charge in [0, 0.05) is 12.1 Å². The molecule has 0 spiro atoms. The highest BCUT2D eigenvalue weighted by molar-refractivity contribution is 5.48. The molecule has 0 amide bonds. The van der Waals surface area contributed by atoms with E-state index in [1.165, 1.54) is 18.6 Å². The van der Waals surface area contributed by atoms with E-state index in [0.717, 1.165) is 18.4 Å². The highest BCUT2D eigenvalue weighted by Crippen LogP contribution is 2.38. The number of nitrogens with two attached hydrogens (primary N) is 1. The van der Waals surface area contributed by atoms with Crippen LogP contribution in [0, 0.1) is 16.0 Å². The number of nitro benzene ring substituents is 1. The molecule has 0 heterocycles. The fourth-order valence-electron chi connectivity index (χ4n) is 1.97. The van der Waals surface area contributed by atoms with Crippen LogP contribution >= 0.6 is 0 Å². The quantitative estimate of drug-likeness (QED) is 0.605. The molecule has 1 aliphatic carbocycles. The number of nitro groups is 1. The van der Waals surface area contributed by atoms with E-state index in [-0.39, 0.29) is 17.5 Å². The summed E-state index contributed by atoms with van der Waals surface area (Å²) in [7, 11) is 0. The van der Waals surface area contributed by atoms with Crippen molar-refractivity contribution in [1.82, 2.24) is 0 Å². The number of nitrogens with zero attached hydrogens (tertiary/aromatic N) is 1. The number of benzene rings is 1. The van der Waals surface area contributed by atoms with Gasteiger partial charge in [0.1, 0.15) is 0 Å². The highest BCUT2D eigenvalue weighted by atomic mass is 16.6. The summed E-state index contributed by atoms with van der Waals surface area (Å²) in [4.78, 5) is 10.1. The molecule has 0 aromatic heterocycles. The van der Waals surface area contributed by atoms with Crippen molar-refractivity contribution in [1.29, 1.82) is 0 Å². The molecule has 16 heavy (non-hydrogen) atoms. The fraction of sp³-hybridized carbons (Fsp3) is 0.455. The smallest absolute Gasteiger partial charge is 0.311 e. The van der Waals surface area contributed by atoms with Crippen molar-refractivity contribution in [2.75, 3.05) is 0 Å². The standard InChI is InChI=1S/C11H14N2O3/c12-11(7-2-1-3-7)8-4-5-10(14)9(6-8)13(15)16/h4-7,11,14H,1-3,12H2/t11-/m1/s1. The van der Waals surface area contributed by atoms with Gasteiger partial charge in [-0.1, -0.05) is 12.5 Å². The Balaban J connectivity index is 2.27. The molecule has 1 aromatic rings. The van der Waals surface area contributed by atoms with Crippen molar-refractivity contribution in [3.05, 3.63) is 33.9 Å². The number of rotatable bonds is 3. The maximum absolute atomic E-state index is 10.7. The molecular formula is C11H14N2O3. The molecule has 0 bridgehead atoms. The Morgan fingerprint density at radius 3 is 2.69 bits per heavy atom. The molecule has 2 rings (SSSR count). The van der Waals surface area contributed by atoms with Gasteiger partial charge in [0.2, 0.25) is 0 Å². The number of aromatic hydroxyl groups is 1. The van der Waals surface area contributed by atoms with Crippen molar-refractivity contribution < 1.29 is 10.0 Å². The van der Waals surface area contributed by atoms with Crippen molar-refractivity contribution in [3.63, 3.8) is 0 Å². The van der Waals surface area contributed by atoms with Crippen LogP contribution in [0.4, 0.5) is 5.69 Å². The van der Waals surface area contributed by atoms with E-state index in [1.807, 2.05) is 0 Å². The lowest BCUT2D eigenvalue weighted by atomic mass is 9.77. The number of hydrogen-bond donors (Lipinski definition) is 2. The molecule has 1 atom stereocenters. The first kappa shape index (κ1) is 10.9. The average molecular weight is 222 g/mol. The van der Waals surface area contributed by atoms with Gasteiger partial charge in [-0.15, -0.1) is 0 Å². The highest BCUT2D eigenvalue weighted by Gasteiger charge is 2.27. The van der Waals surface area contributed by atoms with Gasteiger partial charge in [0.25, 0.3) is 0 Å². The second-order valence-corrected chi connectivity index (χ2v) is 4.22. The first-order valence-corrected chi connectivity index (χ1v) is 5.32. The van der Waals surface area contributed by atoms with Crippen LogP contribution in [0.25, 0.3) is 0 Å². The largest absolute Gasteiger partial charge is 0.502 e. The van der Waals surface area contributed by atoms with Gasteiger partial charge in [-0.25, -0.2) is 0 Å². The normalized spacial score (nSPS) is 17.8. The summed E-state index contributed by atoms with van der Waals surface area (Å²) in [5, 5.41) is 20.0. The van der Waals surface area contributed by atoms with E-state index < -0.39 is 4.92 Å². The molecule has 3 N–H and O–H groups in total. The van der Waals surface area contributed by atoms with Gasteiger partial charge in [0.15, 0.2) is 5.75 Å². The van der Waals surface area contributed by atoms with Crippen molar-refractivity contribution in [2.24, 2.45) is 11.7 Å². The predicted octanol–water partition coefficient (Wildman–Crippen LogP) is 2.10. The molecule has 0 saturated heterocycles. The first-order valence-electron chi connectivity index (χ1n) is 5.32. The van der Waals surface area contributed by atoms with Crippen LogP contribution in [0.5, 0.6) is 5.75 Å². The molecule has 5 heteroatoms. The Bertz CT molecular complexity index is 416. The molecule has 0 radical (unpaired) electrons. The van der Waals surface area contributed by atoms with Gasteiger partial charge < -0.3 is 10.8 Å². The lowest BCUT2D eigenvalue weighted by Gasteiger charge is -2.31. The monoisotopic (exact) mass is 222 g/mol. The van der Waals surface area contributed by atoms with Gasteiger partial charge in [-0.2, -0.15) is 0 Å². The van der Waals surface area contributed by atoms with Crippen LogP contribution in [0.15, 0.2) is 18.2 Å².